The van der Waals surface area contributed by atoms with Crippen LogP contribution < -0.4 is 0 Å². The summed E-state index contributed by atoms with van der Waals surface area (Å²) in [6.45, 7) is 3.22. The van der Waals surface area contributed by atoms with Gasteiger partial charge in [-0.15, -0.1) is 0 Å². The van der Waals surface area contributed by atoms with E-state index in [-0.39, 0.29) is 30.2 Å². The fourth-order valence-electron chi connectivity index (χ4n) is 4.88. The lowest BCUT2D eigenvalue weighted by molar-refractivity contribution is -0.135. The maximum absolute atomic E-state index is 13.7. The van der Waals surface area contributed by atoms with Gasteiger partial charge in [-0.2, -0.15) is 0 Å². The summed E-state index contributed by atoms with van der Waals surface area (Å²) in [6.07, 6.45) is 7.20. The third kappa shape index (κ3) is 6.39. The maximum Gasteiger partial charge on any atom is 0.254 e. The fraction of sp³-hybridized carbons (Fsp3) is 0.379. The molecule has 7 heteroatoms. The average molecular weight is 494 g/mol. The van der Waals surface area contributed by atoms with E-state index in [4.69, 9.17) is 0 Å². The Labute approximate surface area is 211 Å². The molecule has 4 rings (SSSR count). The Hall–Kier alpha value is -3.48. The average Bonchev–Trinajstić information content (AvgIpc) is 3.34. The van der Waals surface area contributed by atoms with E-state index in [1.54, 1.807) is 12.1 Å². The van der Waals surface area contributed by atoms with Gasteiger partial charge in [-0.25, -0.2) is 8.78 Å². The first-order valence-corrected chi connectivity index (χ1v) is 12.7. The standard InChI is InChI=1S/C29H33F2N3O2/c1-2-32(29(36)23-12-16-25(31)17-13-23)21-28(35)34(26-7-4-3-5-8-26)20-27-9-6-18-33(27)19-22-10-14-24(30)15-11-22/h6,9-18,26H,2-5,7-8,19-21H2,1H3. The van der Waals surface area contributed by atoms with Crippen LogP contribution in [-0.4, -0.2) is 45.3 Å². The number of amides is 2. The van der Waals surface area contributed by atoms with E-state index < -0.39 is 5.82 Å². The van der Waals surface area contributed by atoms with Gasteiger partial charge in [0.1, 0.15) is 18.2 Å². The Morgan fingerprint density at radius 2 is 1.56 bits per heavy atom. The second kappa shape index (κ2) is 12.0. The molecule has 1 aromatic heterocycles. The minimum Gasteiger partial charge on any atom is -0.345 e. The smallest absolute Gasteiger partial charge is 0.254 e. The van der Waals surface area contributed by atoms with Gasteiger partial charge in [0.25, 0.3) is 5.91 Å². The molecule has 190 valence electrons. The molecule has 2 amide bonds. The molecule has 1 aliphatic rings. The van der Waals surface area contributed by atoms with Crippen molar-refractivity contribution in [3.8, 4) is 0 Å². The van der Waals surface area contributed by atoms with Crippen molar-refractivity contribution in [2.75, 3.05) is 13.1 Å². The van der Waals surface area contributed by atoms with Gasteiger partial charge in [0.15, 0.2) is 0 Å². The normalized spacial score (nSPS) is 14.0. The van der Waals surface area contributed by atoms with Crippen molar-refractivity contribution in [1.82, 2.24) is 14.4 Å². The summed E-state index contributed by atoms with van der Waals surface area (Å²) < 4.78 is 28.7. The number of rotatable bonds is 9. The van der Waals surface area contributed by atoms with E-state index in [1.807, 2.05) is 30.2 Å². The Balaban J connectivity index is 1.51. The molecule has 0 spiro atoms. The predicted octanol–water partition coefficient (Wildman–Crippen LogP) is 5.64. The van der Waals surface area contributed by atoms with Crippen LogP contribution in [0.2, 0.25) is 0 Å². The highest BCUT2D eigenvalue weighted by Crippen LogP contribution is 2.25. The molecular weight excluding hydrogens is 460 g/mol. The number of benzene rings is 2. The van der Waals surface area contributed by atoms with Gasteiger partial charge in [-0.1, -0.05) is 31.4 Å². The molecule has 0 aliphatic heterocycles. The molecule has 36 heavy (non-hydrogen) atoms. The highest BCUT2D eigenvalue weighted by Gasteiger charge is 2.28. The molecular formula is C29H33F2N3O2. The van der Waals surface area contributed by atoms with Crippen molar-refractivity contribution < 1.29 is 18.4 Å². The zero-order chi connectivity index (χ0) is 25.5. The van der Waals surface area contributed by atoms with Crippen molar-refractivity contribution in [3.05, 3.63) is 95.3 Å². The summed E-state index contributed by atoms with van der Waals surface area (Å²) in [7, 11) is 0. The van der Waals surface area contributed by atoms with Gasteiger partial charge >= 0.3 is 0 Å². The molecule has 0 atom stereocenters. The van der Waals surface area contributed by atoms with E-state index in [1.165, 1.54) is 47.7 Å². The highest BCUT2D eigenvalue weighted by atomic mass is 19.1. The first kappa shape index (κ1) is 25.6. The van der Waals surface area contributed by atoms with E-state index in [0.717, 1.165) is 36.9 Å². The molecule has 0 radical (unpaired) electrons. The Morgan fingerprint density at radius 1 is 0.917 bits per heavy atom. The lowest BCUT2D eigenvalue weighted by Gasteiger charge is -2.36. The minimum atomic E-state index is -0.405. The summed E-state index contributed by atoms with van der Waals surface area (Å²) in [5.74, 6) is -1.04. The summed E-state index contributed by atoms with van der Waals surface area (Å²) in [5, 5.41) is 0. The Bertz CT molecular complexity index is 1150. The molecule has 0 saturated heterocycles. The monoisotopic (exact) mass is 493 g/mol. The first-order chi connectivity index (χ1) is 17.4. The number of aromatic nitrogens is 1. The van der Waals surface area contributed by atoms with Gasteiger partial charge in [0.05, 0.1) is 6.54 Å². The van der Waals surface area contributed by atoms with E-state index in [9.17, 15) is 18.4 Å². The van der Waals surface area contributed by atoms with Crippen LogP contribution in [0.5, 0.6) is 0 Å². The highest BCUT2D eigenvalue weighted by molar-refractivity contribution is 5.96. The van der Waals surface area contributed by atoms with Crippen LogP contribution in [0.4, 0.5) is 8.78 Å². The minimum absolute atomic E-state index is 0.0259. The molecule has 1 fully saturated rings. The number of hydrogen-bond donors (Lipinski definition) is 0. The van der Waals surface area contributed by atoms with Crippen LogP contribution in [0.3, 0.4) is 0 Å². The summed E-state index contributed by atoms with van der Waals surface area (Å²) in [4.78, 5) is 30.1. The Morgan fingerprint density at radius 3 is 2.19 bits per heavy atom. The van der Waals surface area contributed by atoms with Gasteiger partial charge < -0.3 is 14.4 Å². The third-order valence-corrected chi connectivity index (χ3v) is 6.94. The lowest BCUT2D eigenvalue weighted by atomic mass is 9.94. The molecule has 5 nitrogen and oxygen atoms in total. The quantitative estimate of drug-likeness (QED) is 0.387. The number of halogens is 2. The summed E-state index contributed by atoms with van der Waals surface area (Å²) in [5.41, 5.74) is 2.33. The molecule has 2 aromatic carbocycles. The summed E-state index contributed by atoms with van der Waals surface area (Å²) >= 11 is 0. The van der Waals surface area contributed by atoms with Crippen molar-refractivity contribution >= 4 is 11.8 Å². The second-order valence-corrected chi connectivity index (χ2v) is 9.39. The van der Waals surface area contributed by atoms with Crippen molar-refractivity contribution in [3.63, 3.8) is 0 Å². The zero-order valence-corrected chi connectivity index (χ0v) is 20.7. The van der Waals surface area contributed by atoms with Gasteiger partial charge in [0, 0.05) is 36.6 Å². The van der Waals surface area contributed by atoms with Crippen LogP contribution in [-0.2, 0) is 17.9 Å². The molecule has 0 unspecified atom stereocenters. The van der Waals surface area contributed by atoms with Crippen molar-refractivity contribution in [2.45, 2.75) is 58.2 Å². The number of carbonyl (C=O) groups is 2. The molecule has 3 aromatic rings. The number of carbonyl (C=O) groups excluding carboxylic acids is 2. The first-order valence-electron chi connectivity index (χ1n) is 12.7. The van der Waals surface area contributed by atoms with Crippen LogP contribution in [0, 0.1) is 11.6 Å². The molecule has 0 N–H and O–H groups in total. The largest absolute Gasteiger partial charge is 0.345 e. The van der Waals surface area contributed by atoms with Gasteiger partial charge in [0.2, 0.25) is 5.91 Å². The molecule has 0 bridgehead atoms. The van der Waals surface area contributed by atoms with E-state index >= 15 is 0 Å². The summed E-state index contributed by atoms with van der Waals surface area (Å²) in [6, 6.07) is 15.9. The molecule has 1 heterocycles. The van der Waals surface area contributed by atoms with Crippen LogP contribution >= 0.6 is 0 Å². The number of nitrogens with zero attached hydrogens (tertiary/aromatic N) is 3. The van der Waals surface area contributed by atoms with Crippen LogP contribution in [0.1, 0.15) is 60.6 Å². The zero-order valence-electron chi connectivity index (χ0n) is 20.7. The second-order valence-electron chi connectivity index (χ2n) is 9.39. The van der Waals surface area contributed by atoms with Crippen LogP contribution in [0.15, 0.2) is 66.9 Å². The maximum atomic E-state index is 13.7. The van der Waals surface area contributed by atoms with Crippen molar-refractivity contribution in [2.24, 2.45) is 0 Å². The fourth-order valence-corrected chi connectivity index (χ4v) is 4.88. The molecule has 1 aliphatic carbocycles. The lowest BCUT2D eigenvalue weighted by Crippen LogP contribution is -2.47. The third-order valence-electron chi connectivity index (χ3n) is 6.94. The number of hydrogen-bond acceptors (Lipinski definition) is 2. The van der Waals surface area contributed by atoms with E-state index in [2.05, 4.69) is 4.57 Å². The molecule has 1 saturated carbocycles. The van der Waals surface area contributed by atoms with E-state index in [0.29, 0.717) is 25.2 Å². The van der Waals surface area contributed by atoms with Crippen LogP contribution in [0.25, 0.3) is 0 Å². The Kier molecular flexibility index (Phi) is 8.52. The van der Waals surface area contributed by atoms with Crippen molar-refractivity contribution in [1.29, 1.82) is 0 Å². The predicted molar refractivity (Wildman–Crippen MR) is 135 cm³/mol. The van der Waals surface area contributed by atoms with Gasteiger partial charge in [-0.3, -0.25) is 9.59 Å². The topological polar surface area (TPSA) is 45.6 Å². The number of likely N-dealkylation sites (N-methyl/N-ethyl adjacent to an activating group) is 1. The van der Waals surface area contributed by atoms with Gasteiger partial charge in [-0.05, 0) is 73.9 Å². The SMILES string of the molecule is CCN(CC(=O)N(Cc1cccn1Cc1ccc(F)cc1)C1CCCCC1)C(=O)c1ccc(F)cc1.